The van der Waals surface area contributed by atoms with Crippen molar-refractivity contribution < 1.29 is 38.8 Å². The highest BCUT2D eigenvalue weighted by Gasteiger charge is 2.33. The monoisotopic (exact) mass is 512 g/mol. The Morgan fingerprint density at radius 3 is 2.14 bits per heavy atom. The molecular formula is C29H36O8. The van der Waals surface area contributed by atoms with Gasteiger partial charge in [-0.3, -0.25) is 9.59 Å². The highest BCUT2D eigenvalue weighted by molar-refractivity contribution is 6.03. The molecule has 8 heteroatoms. The van der Waals surface area contributed by atoms with Gasteiger partial charge in [-0.25, -0.2) is 4.79 Å². The molecule has 1 aliphatic heterocycles. The maximum absolute atomic E-state index is 12.4. The van der Waals surface area contributed by atoms with Gasteiger partial charge in [0.15, 0.2) is 11.6 Å². The molecule has 3 rings (SSSR count). The molecule has 1 unspecified atom stereocenters. The first kappa shape index (κ1) is 28.0. The van der Waals surface area contributed by atoms with Gasteiger partial charge >= 0.3 is 5.97 Å². The molecule has 1 aliphatic rings. The second-order valence-electron chi connectivity index (χ2n) is 9.24. The zero-order valence-corrected chi connectivity index (χ0v) is 21.8. The van der Waals surface area contributed by atoms with Gasteiger partial charge in [-0.1, -0.05) is 26.7 Å². The fraction of sp³-hybridized carbons (Fsp3) is 0.483. The first-order valence-corrected chi connectivity index (χ1v) is 13.0. The van der Waals surface area contributed by atoms with E-state index in [0.717, 1.165) is 37.7 Å². The van der Waals surface area contributed by atoms with Crippen LogP contribution in [0.2, 0.25) is 0 Å². The zero-order chi connectivity index (χ0) is 26.9. The lowest BCUT2D eigenvalue weighted by Crippen LogP contribution is -2.34. The number of benzene rings is 2. The minimum atomic E-state index is -1.18. The van der Waals surface area contributed by atoms with E-state index in [1.54, 1.807) is 24.3 Å². The van der Waals surface area contributed by atoms with Crippen molar-refractivity contribution in [2.75, 3.05) is 13.2 Å². The maximum atomic E-state index is 12.4. The number of rotatable bonds is 14. The lowest BCUT2D eigenvalue weighted by Gasteiger charge is -2.26. The number of ketones is 2. The van der Waals surface area contributed by atoms with Gasteiger partial charge in [0.2, 0.25) is 6.10 Å². The first-order chi connectivity index (χ1) is 17.8. The molecule has 8 nitrogen and oxygen atoms in total. The molecule has 0 spiro atoms. The normalized spacial score (nSPS) is 14.6. The van der Waals surface area contributed by atoms with Crippen LogP contribution in [0.4, 0.5) is 0 Å². The number of hydrogen-bond donors (Lipinski definition) is 2. The Morgan fingerprint density at radius 2 is 1.54 bits per heavy atom. The number of Topliss-reactive ketones (excluding diaryl/α,β-unsaturated/α-hetero) is 2. The molecule has 0 radical (unpaired) electrons. The molecule has 0 saturated carbocycles. The lowest BCUT2D eigenvalue weighted by molar-refractivity contribution is -0.145. The van der Waals surface area contributed by atoms with Crippen LogP contribution >= 0.6 is 0 Å². The SMILES string of the molecule is CCCc1c(OCCCCCOc2ccc3c(c2CCC)OC(C(=O)O)CC3=O)ccc(C(C)=O)c1O. The van der Waals surface area contributed by atoms with Crippen LogP contribution in [-0.2, 0) is 17.6 Å². The topological polar surface area (TPSA) is 119 Å². The summed E-state index contributed by atoms with van der Waals surface area (Å²) in [5.74, 6) is -0.00567. The van der Waals surface area contributed by atoms with Crippen LogP contribution in [0, 0.1) is 0 Å². The van der Waals surface area contributed by atoms with Crippen LogP contribution in [-0.4, -0.2) is 47.1 Å². The maximum Gasteiger partial charge on any atom is 0.345 e. The third-order valence-electron chi connectivity index (χ3n) is 6.35. The number of aromatic hydroxyl groups is 1. The van der Waals surface area contributed by atoms with Crippen molar-refractivity contribution in [3.05, 3.63) is 46.5 Å². The number of hydrogen-bond acceptors (Lipinski definition) is 7. The van der Waals surface area contributed by atoms with E-state index >= 15 is 0 Å². The first-order valence-electron chi connectivity index (χ1n) is 13.0. The predicted molar refractivity (Wildman–Crippen MR) is 138 cm³/mol. The minimum Gasteiger partial charge on any atom is -0.507 e. The van der Waals surface area contributed by atoms with E-state index in [9.17, 15) is 24.6 Å². The number of carbonyl (C=O) groups is 3. The largest absolute Gasteiger partial charge is 0.507 e. The van der Waals surface area contributed by atoms with E-state index in [1.807, 2.05) is 13.8 Å². The van der Waals surface area contributed by atoms with Crippen molar-refractivity contribution in [1.82, 2.24) is 0 Å². The second kappa shape index (κ2) is 13.1. The molecule has 0 bridgehead atoms. The van der Waals surface area contributed by atoms with Crippen LogP contribution in [0.3, 0.4) is 0 Å². The van der Waals surface area contributed by atoms with E-state index in [-0.39, 0.29) is 23.7 Å². The number of aliphatic carboxylic acids is 1. The van der Waals surface area contributed by atoms with Crippen LogP contribution in [0.5, 0.6) is 23.0 Å². The van der Waals surface area contributed by atoms with Crippen molar-refractivity contribution >= 4 is 17.5 Å². The average molecular weight is 513 g/mol. The van der Waals surface area contributed by atoms with Gasteiger partial charge in [-0.05, 0) is 63.3 Å². The quantitative estimate of drug-likeness (QED) is 0.250. The molecule has 2 N–H and O–H groups in total. The van der Waals surface area contributed by atoms with Crippen molar-refractivity contribution in [3.63, 3.8) is 0 Å². The summed E-state index contributed by atoms with van der Waals surface area (Å²) in [6.07, 6.45) is 3.92. The Balaban J connectivity index is 1.54. The van der Waals surface area contributed by atoms with Crippen molar-refractivity contribution in [2.45, 2.75) is 78.2 Å². The fourth-order valence-electron chi connectivity index (χ4n) is 4.46. The second-order valence-corrected chi connectivity index (χ2v) is 9.24. The van der Waals surface area contributed by atoms with Gasteiger partial charge in [0, 0.05) is 11.1 Å². The zero-order valence-electron chi connectivity index (χ0n) is 21.8. The van der Waals surface area contributed by atoms with Crippen LogP contribution in [0.25, 0.3) is 0 Å². The highest BCUT2D eigenvalue weighted by atomic mass is 16.5. The standard InChI is InChI=1S/C29H36O8/c1-4-9-21-24(13-11-19(18(3)30)27(21)32)35-15-7-6-8-16-36-25-14-12-20-23(31)17-26(29(33)34)37-28(20)22(25)10-5-2/h11-14,26,32H,4-10,15-17H2,1-3H3,(H,33,34). The Labute approximate surface area is 217 Å². The Bertz CT molecular complexity index is 1140. The summed E-state index contributed by atoms with van der Waals surface area (Å²) < 4.78 is 17.6. The molecule has 1 heterocycles. The van der Waals surface area contributed by atoms with E-state index in [4.69, 9.17) is 14.2 Å². The van der Waals surface area contributed by atoms with E-state index in [2.05, 4.69) is 0 Å². The summed E-state index contributed by atoms with van der Waals surface area (Å²) in [5.41, 5.74) is 2.13. The lowest BCUT2D eigenvalue weighted by atomic mass is 9.95. The summed E-state index contributed by atoms with van der Waals surface area (Å²) in [7, 11) is 0. The van der Waals surface area contributed by atoms with E-state index < -0.39 is 12.1 Å². The number of carbonyl (C=O) groups excluding carboxylic acids is 2. The molecule has 2 aromatic rings. The number of carboxylic acids is 1. The third kappa shape index (κ3) is 6.81. The number of phenols is 1. The minimum absolute atomic E-state index is 0.00791. The summed E-state index contributed by atoms with van der Waals surface area (Å²) in [6, 6.07) is 6.76. The van der Waals surface area contributed by atoms with Gasteiger partial charge < -0.3 is 24.4 Å². The van der Waals surface area contributed by atoms with Crippen molar-refractivity contribution in [2.24, 2.45) is 0 Å². The number of fused-ring (bicyclic) bond motifs is 1. The number of ether oxygens (including phenoxy) is 3. The Morgan fingerprint density at radius 1 is 0.946 bits per heavy atom. The Kier molecular flexibility index (Phi) is 9.94. The highest BCUT2D eigenvalue weighted by Crippen LogP contribution is 2.38. The Hall–Kier alpha value is -3.55. The smallest absolute Gasteiger partial charge is 0.345 e. The number of carboxylic acid groups (broad SMARTS) is 1. The molecule has 200 valence electrons. The van der Waals surface area contributed by atoms with Gasteiger partial charge in [0.25, 0.3) is 0 Å². The van der Waals surface area contributed by atoms with Crippen LogP contribution in [0.1, 0.15) is 91.1 Å². The third-order valence-corrected chi connectivity index (χ3v) is 6.35. The molecule has 2 aromatic carbocycles. The fourth-order valence-corrected chi connectivity index (χ4v) is 4.46. The molecule has 37 heavy (non-hydrogen) atoms. The van der Waals surface area contributed by atoms with Crippen LogP contribution < -0.4 is 14.2 Å². The van der Waals surface area contributed by atoms with E-state index in [1.165, 1.54) is 6.92 Å². The summed E-state index contributed by atoms with van der Waals surface area (Å²) >= 11 is 0. The van der Waals surface area contributed by atoms with Crippen molar-refractivity contribution in [1.29, 1.82) is 0 Å². The molecule has 1 atom stereocenters. The average Bonchev–Trinajstić information content (AvgIpc) is 2.86. The van der Waals surface area contributed by atoms with Crippen LogP contribution in [0.15, 0.2) is 24.3 Å². The van der Waals surface area contributed by atoms with Gasteiger partial charge in [-0.2, -0.15) is 0 Å². The van der Waals surface area contributed by atoms with Gasteiger partial charge in [-0.15, -0.1) is 0 Å². The molecule has 0 amide bonds. The molecule has 0 saturated heterocycles. The number of phenolic OH excluding ortho intramolecular Hbond substituents is 1. The summed E-state index contributed by atoms with van der Waals surface area (Å²) in [5, 5.41) is 19.8. The summed E-state index contributed by atoms with van der Waals surface area (Å²) in [6.45, 7) is 6.37. The van der Waals surface area contributed by atoms with E-state index in [0.29, 0.717) is 60.0 Å². The molecule has 0 aromatic heterocycles. The van der Waals surface area contributed by atoms with Gasteiger partial charge in [0.1, 0.15) is 23.0 Å². The van der Waals surface area contributed by atoms with Crippen molar-refractivity contribution in [3.8, 4) is 23.0 Å². The molecule has 0 aliphatic carbocycles. The molecular weight excluding hydrogens is 476 g/mol. The molecule has 0 fully saturated rings. The predicted octanol–water partition coefficient (Wildman–Crippen LogP) is 5.55. The number of unbranched alkanes of at least 4 members (excludes halogenated alkanes) is 2. The summed E-state index contributed by atoms with van der Waals surface area (Å²) in [4.78, 5) is 35.6. The van der Waals surface area contributed by atoms with Gasteiger partial charge in [0.05, 0.1) is 30.8 Å².